The van der Waals surface area contributed by atoms with Crippen molar-refractivity contribution in [2.45, 2.75) is 12.5 Å². The first-order valence-electron chi connectivity index (χ1n) is 6.45. The number of benzene rings is 2. The number of rotatable bonds is 2. The van der Waals surface area contributed by atoms with Crippen LogP contribution in [0.5, 0.6) is 0 Å². The van der Waals surface area contributed by atoms with E-state index in [0.717, 1.165) is 23.1 Å². The summed E-state index contributed by atoms with van der Waals surface area (Å²) in [7, 11) is 0. The molecular weight excluding hydrogens is 234 g/mol. The Labute approximate surface area is 112 Å². The first-order chi connectivity index (χ1) is 9.33. The minimum atomic E-state index is 0.0181. The molecule has 0 radical (unpaired) electrons. The number of nitrogens with one attached hydrogen (secondary N) is 1. The van der Waals surface area contributed by atoms with Crippen LogP contribution in [0.15, 0.2) is 60.7 Å². The summed E-state index contributed by atoms with van der Waals surface area (Å²) in [5.41, 5.74) is 3.07. The fourth-order valence-electron chi connectivity index (χ4n) is 2.36. The van der Waals surface area contributed by atoms with E-state index < -0.39 is 0 Å². The molecule has 0 aromatic heterocycles. The largest absolute Gasteiger partial charge is 0.345 e. The molecule has 0 bridgehead atoms. The van der Waals surface area contributed by atoms with E-state index in [1.165, 1.54) is 0 Å². The van der Waals surface area contributed by atoms with Crippen LogP contribution in [-0.4, -0.2) is 11.9 Å². The molecule has 1 atom stereocenters. The first kappa shape index (κ1) is 11.7. The second kappa shape index (κ2) is 5.11. The van der Waals surface area contributed by atoms with Gasteiger partial charge in [-0.25, -0.2) is 0 Å². The Morgan fingerprint density at radius 2 is 1.74 bits per heavy atom. The zero-order chi connectivity index (χ0) is 13.1. The van der Waals surface area contributed by atoms with Gasteiger partial charge in [0.05, 0.1) is 6.04 Å². The lowest BCUT2D eigenvalue weighted by molar-refractivity contribution is 0.0934. The van der Waals surface area contributed by atoms with Crippen LogP contribution in [-0.2, 0) is 6.42 Å². The van der Waals surface area contributed by atoms with Crippen molar-refractivity contribution < 1.29 is 4.79 Å². The van der Waals surface area contributed by atoms with Gasteiger partial charge in [-0.3, -0.25) is 4.79 Å². The lowest BCUT2D eigenvalue weighted by Gasteiger charge is -2.23. The first-order valence-corrected chi connectivity index (χ1v) is 6.45. The van der Waals surface area contributed by atoms with Crippen LogP contribution in [0.25, 0.3) is 6.08 Å². The van der Waals surface area contributed by atoms with E-state index in [1.54, 1.807) is 0 Å². The monoisotopic (exact) mass is 249 g/mol. The van der Waals surface area contributed by atoms with E-state index in [1.807, 2.05) is 42.5 Å². The van der Waals surface area contributed by atoms with Crippen molar-refractivity contribution >= 4 is 12.0 Å². The number of amides is 1. The van der Waals surface area contributed by atoms with Gasteiger partial charge in [0.1, 0.15) is 0 Å². The summed E-state index contributed by atoms with van der Waals surface area (Å²) in [6, 6.07) is 18.0. The summed E-state index contributed by atoms with van der Waals surface area (Å²) >= 11 is 0. The highest BCUT2D eigenvalue weighted by Gasteiger charge is 2.21. The summed E-state index contributed by atoms with van der Waals surface area (Å²) < 4.78 is 0. The average molecular weight is 249 g/mol. The second-order valence-electron chi connectivity index (χ2n) is 4.71. The molecule has 2 heteroatoms. The third-order valence-corrected chi connectivity index (χ3v) is 3.34. The summed E-state index contributed by atoms with van der Waals surface area (Å²) in [6.07, 6.45) is 4.97. The molecule has 1 aliphatic heterocycles. The fourth-order valence-corrected chi connectivity index (χ4v) is 2.36. The van der Waals surface area contributed by atoms with Crippen LogP contribution in [0.4, 0.5) is 0 Å². The Balaban J connectivity index is 1.79. The van der Waals surface area contributed by atoms with Crippen LogP contribution in [0.3, 0.4) is 0 Å². The van der Waals surface area contributed by atoms with Gasteiger partial charge in [0.25, 0.3) is 5.91 Å². The van der Waals surface area contributed by atoms with E-state index in [0.29, 0.717) is 0 Å². The van der Waals surface area contributed by atoms with Crippen LogP contribution in [0.2, 0.25) is 0 Å². The van der Waals surface area contributed by atoms with Crippen LogP contribution >= 0.6 is 0 Å². The average Bonchev–Trinajstić information content (AvgIpc) is 2.46. The molecule has 0 saturated heterocycles. The van der Waals surface area contributed by atoms with Gasteiger partial charge in [-0.1, -0.05) is 60.7 Å². The number of hydrogen-bond donors (Lipinski definition) is 1. The third kappa shape index (κ3) is 2.58. The predicted molar refractivity (Wildman–Crippen MR) is 76.9 cm³/mol. The van der Waals surface area contributed by atoms with Gasteiger partial charge in [0.15, 0.2) is 0 Å². The van der Waals surface area contributed by atoms with Crippen LogP contribution < -0.4 is 5.32 Å². The van der Waals surface area contributed by atoms with Gasteiger partial charge >= 0.3 is 0 Å². The Morgan fingerprint density at radius 1 is 1.00 bits per heavy atom. The lowest BCUT2D eigenvalue weighted by atomic mass is 9.95. The lowest BCUT2D eigenvalue weighted by Crippen LogP contribution is -2.39. The summed E-state index contributed by atoms with van der Waals surface area (Å²) in [5, 5.41) is 3.02. The molecule has 0 saturated carbocycles. The quantitative estimate of drug-likeness (QED) is 0.870. The van der Waals surface area contributed by atoms with Gasteiger partial charge in [-0.15, -0.1) is 0 Å². The zero-order valence-corrected chi connectivity index (χ0v) is 10.5. The Morgan fingerprint density at radius 3 is 2.58 bits per heavy atom. The molecular formula is C17H15NO. The Bertz CT molecular complexity index is 616. The topological polar surface area (TPSA) is 29.1 Å². The van der Waals surface area contributed by atoms with Crippen molar-refractivity contribution in [1.29, 1.82) is 0 Å². The molecule has 1 heterocycles. The molecule has 1 amide bonds. The maximum atomic E-state index is 12.0. The second-order valence-corrected chi connectivity index (χ2v) is 4.71. The number of fused-ring (bicyclic) bond motifs is 1. The summed E-state index contributed by atoms with van der Waals surface area (Å²) in [6.45, 7) is 0. The molecule has 0 spiro atoms. The third-order valence-electron chi connectivity index (χ3n) is 3.34. The molecule has 0 fully saturated rings. The predicted octanol–water partition coefficient (Wildman–Crippen LogP) is 3.05. The molecule has 0 aliphatic carbocycles. The Kier molecular flexibility index (Phi) is 3.15. The van der Waals surface area contributed by atoms with Gasteiger partial charge in [-0.05, 0) is 23.6 Å². The summed E-state index contributed by atoms with van der Waals surface area (Å²) in [5.74, 6) is 0.0181. The number of hydrogen-bond acceptors (Lipinski definition) is 1. The maximum absolute atomic E-state index is 12.0. The minimum absolute atomic E-state index is 0.0181. The van der Waals surface area contributed by atoms with E-state index in [9.17, 15) is 4.79 Å². The van der Waals surface area contributed by atoms with Crippen molar-refractivity contribution in [3.05, 3.63) is 77.4 Å². The van der Waals surface area contributed by atoms with E-state index in [4.69, 9.17) is 0 Å². The molecule has 2 aromatic carbocycles. The molecule has 1 aliphatic rings. The number of carbonyl (C=O) groups is 1. The molecule has 94 valence electrons. The van der Waals surface area contributed by atoms with E-state index in [2.05, 4.69) is 29.6 Å². The SMILES string of the molecule is O=C1N[C@@H](/C=C/c2ccccc2)Cc2ccccc21. The highest BCUT2D eigenvalue weighted by Crippen LogP contribution is 2.17. The highest BCUT2D eigenvalue weighted by molar-refractivity contribution is 5.97. The standard InChI is InChI=1S/C17H15NO/c19-17-16-9-5-4-8-14(16)12-15(18-17)11-10-13-6-2-1-3-7-13/h1-11,15H,12H2,(H,18,19)/b11-10+/t15-/m0/s1. The molecule has 1 N–H and O–H groups in total. The molecule has 3 rings (SSSR count). The zero-order valence-electron chi connectivity index (χ0n) is 10.5. The minimum Gasteiger partial charge on any atom is -0.345 e. The molecule has 19 heavy (non-hydrogen) atoms. The van der Waals surface area contributed by atoms with Crippen molar-refractivity contribution in [2.75, 3.05) is 0 Å². The van der Waals surface area contributed by atoms with E-state index >= 15 is 0 Å². The van der Waals surface area contributed by atoms with Crippen molar-refractivity contribution in [3.8, 4) is 0 Å². The van der Waals surface area contributed by atoms with Gasteiger partial charge in [0.2, 0.25) is 0 Å². The van der Waals surface area contributed by atoms with Gasteiger partial charge in [-0.2, -0.15) is 0 Å². The highest BCUT2D eigenvalue weighted by atomic mass is 16.1. The summed E-state index contributed by atoms with van der Waals surface area (Å²) in [4.78, 5) is 12.0. The van der Waals surface area contributed by atoms with Crippen molar-refractivity contribution in [3.63, 3.8) is 0 Å². The van der Waals surface area contributed by atoms with Gasteiger partial charge in [0, 0.05) is 5.56 Å². The molecule has 2 nitrogen and oxygen atoms in total. The van der Waals surface area contributed by atoms with Crippen LogP contribution in [0.1, 0.15) is 21.5 Å². The molecule has 2 aromatic rings. The van der Waals surface area contributed by atoms with E-state index in [-0.39, 0.29) is 11.9 Å². The van der Waals surface area contributed by atoms with Crippen molar-refractivity contribution in [1.82, 2.24) is 5.32 Å². The smallest absolute Gasteiger partial charge is 0.252 e. The molecule has 0 unspecified atom stereocenters. The Hall–Kier alpha value is -2.35. The van der Waals surface area contributed by atoms with Crippen LogP contribution in [0, 0.1) is 0 Å². The van der Waals surface area contributed by atoms with Crippen molar-refractivity contribution in [2.24, 2.45) is 0 Å². The van der Waals surface area contributed by atoms with Gasteiger partial charge < -0.3 is 5.32 Å². The fraction of sp³-hybridized carbons (Fsp3) is 0.118. The number of carbonyl (C=O) groups excluding carboxylic acids is 1. The maximum Gasteiger partial charge on any atom is 0.252 e. The normalized spacial score (nSPS) is 18.1.